The van der Waals surface area contributed by atoms with Crippen LogP contribution in [0.15, 0.2) is 138 Å². The van der Waals surface area contributed by atoms with Crippen LogP contribution in [-0.2, 0) is 12.8 Å². The molecule has 4 heterocycles. The van der Waals surface area contributed by atoms with Crippen LogP contribution < -0.4 is 0 Å². The molecule has 2 nitrogen and oxygen atoms in total. The van der Waals surface area contributed by atoms with Crippen molar-refractivity contribution in [3.8, 4) is 38.0 Å². The molecule has 0 fully saturated rings. The molecule has 0 atom stereocenters. The molecule has 0 aliphatic heterocycles. The Labute approximate surface area is 287 Å². The van der Waals surface area contributed by atoms with E-state index in [0.29, 0.717) is 0 Å². The number of aryl methyl sites for hydroxylation is 1. The lowest BCUT2D eigenvalue weighted by atomic mass is 9.83. The van der Waals surface area contributed by atoms with Crippen LogP contribution in [0.25, 0.3) is 70.5 Å². The van der Waals surface area contributed by atoms with Crippen molar-refractivity contribution in [3.05, 3.63) is 166 Å². The van der Waals surface area contributed by atoms with Gasteiger partial charge in [-0.1, -0.05) is 84.9 Å². The maximum absolute atomic E-state index is 5.07. The fourth-order valence-electron chi connectivity index (χ4n) is 7.66. The van der Waals surface area contributed by atoms with Crippen molar-refractivity contribution < 1.29 is 0 Å². The van der Waals surface area contributed by atoms with Crippen molar-refractivity contribution in [2.45, 2.75) is 19.8 Å². The van der Waals surface area contributed by atoms with Crippen LogP contribution in [0, 0.1) is 6.92 Å². The molecule has 1 aliphatic carbocycles. The van der Waals surface area contributed by atoms with Gasteiger partial charge < -0.3 is 4.57 Å². The number of nitrogens with zero attached hydrogens (tertiary/aromatic N) is 2. The summed E-state index contributed by atoms with van der Waals surface area (Å²) in [5.74, 6) is 0. The summed E-state index contributed by atoms with van der Waals surface area (Å²) in [4.78, 5) is 7.46. The molecule has 1 aliphatic rings. The van der Waals surface area contributed by atoms with Gasteiger partial charge in [-0.2, -0.15) is 0 Å². The number of hydrogen-bond acceptors (Lipinski definition) is 3. The molecule has 10 rings (SSSR count). The first-order valence-electron chi connectivity index (χ1n) is 16.4. The molecule has 48 heavy (non-hydrogen) atoms. The molecule has 228 valence electrons. The van der Waals surface area contributed by atoms with Gasteiger partial charge in [0, 0.05) is 16.5 Å². The molecule has 9 aromatic rings. The van der Waals surface area contributed by atoms with E-state index in [1.165, 1.54) is 87.0 Å². The van der Waals surface area contributed by atoms with E-state index in [0.717, 1.165) is 24.2 Å². The van der Waals surface area contributed by atoms with Crippen LogP contribution in [0.5, 0.6) is 0 Å². The van der Waals surface area contributed by atoms with Crippen molar-refractivity contribution in [1.29, 1.82) is 0 Å². The molecule has 0 amide bonds. The van der Waals surface area contributed by atoms with Gasteiger partial charge in [-0.15, -0.1) is 22.7 Å². The number of pyridine rings is 1. The molecule has 0 spiro atoms. The van der Waals surface area contributed by atoms with Gasteiger partial charge in [-0.3, -0.25) is 0 Å². The molecule has 0 N–H and O–H groups in total. The Morgan fingerprint density at radius 2 is 1.25 bits per heavy atom. The number of para-hydroxylation sites is 2. The van der Waals surface area contributed by atoms with Crippen LogP contribution >= 0.6 is 22.7 Å². The SMILES string of the molecule is Cc1cccc2c3ccccc3n(-c3ccc4cc5c(cc4c3)Cc3ccc(-c4cc(-c6cccs6)nc(-c6cccs6)c4)cc3C5)c12. The van der Waals surface area contributed by atoms with Crippen molar-refractivity contribution in [2.75, 3.05) is 0 Å². The Bertz CT molecular complexity index is 2620. The molecular formula is C44H30N2S2. The lowest BCUT2D eigenvalue weighted by Crippen LogP contribution is -2.08. The van der Waals surface area contributed by atoms with Gasteiger partial charge in [0.1, 0.15) is 0 Å². The van der Waals surface area contributed by atoms with Gasteiger partial charge in [0.05, 0.1) is 32.2 Å². The fourth-order valence-corrected chi connectivity index (χ4v) is 9.03. The van der Waals surface area contributed by atoms with E-state index in [9.17, 15) is 0 Å². The molecular weight excluding hydrogens is 621 g/mol. The first-order valence-corrected chi connectivity index (χ1v) is 18.2. The summed E-state index contributed by atoms with van der Waals surface area (Å²) in [7, 11) is 0. The second kappa shape index (κ2) is 10.9. The second-order valence-electron chi connectivity index (χ2n) is 12.9. The molecule has 4 heteroatoms. The Morgan fingerprint density at radius 3 is 2.02 bits per heavy atom. The highest BCUT2D eigenvalue weighted by Gasteiger charge is 2.19. The third kappa shape index (κ3) is 4.48. The monoisotopic (exact) mass is 650 g/mol. The van der Waals surface area contributed by atoms with Crippen molar-refractivity contribution in [3.63, 3.8) is 0 Å². The smallest absolute Gasteiger partial charge is 0.0815 e. The lowest BCUT2D eigenvalue weighted by Gasteiger charge is -2.22. The molecule has 5 aromatic carbocycles. The van der Waals surface area contributed by atoms with Crippen LogP contribution in [0.4, 0.5) is 0 Å². The number of hydrogen-bond donors (Lipinski definition) is 0. The van der Waals surface area contributed by atoms with E-state index in [1.807, 2.05) is 0 Å². The maximum atomic E-state index is 5.07. The van der Waals surface area contributed by atoms with Gasteiger partial charge in [-0.05, 0) is 123 Å². The zero-order valence-electron chi connectivity index (χ0n) is 26.4. The van der Waals surface area contributed by atoms with E-state index in [2.05, 4.69) is 150 Å². The van der Waals surface area contributed by atoms with Gasteiger partial charge in [0.2, 0.25) is 0 Å². The van der Waals surface area contributed by atoms with E-state index >= 15 is 0 Å². The third-order valence-electron chi connectivity index (χ3n) is 9.97. The summed E-state index contributed by atoms with van der Waals surface area (Å²) in [6.45, 7) is 2.22. The van der Waals surface area contributed by atoms with E-state index in [-0.39, 0.29) is 0 Å². The quantitative estimate of drug-likeness (QED) is 0.185. The van der Waals surface area contributed by atoms with Crippen LogP contribution in [-0.4, -0.2) is 9.55 Å². The topological polar surface area (TPSA) is 17.8 Å². The zero-order valence-corrected chi connectivity index (χ0v) is 28.0. The molecule has 4 aromatic heterocycles. The Hall–Kier alpha value is -5.29. The highest BCUT2D eigenvalue weighted by atomic mass is 32.1. The Balaban J connectivity index is 1.04. The molecule has 0 saturated carbocycles. The average Bonchev–Trinajstić information content (AvgIpc) is 3.91. The second-order valence-corrected chi connectivity index (χ2v) is 14.8. The molecule has 0 saturated heterocycles. The van der Waals surface area contributed by atoms with Crippen molar-refractivity contribution >= 4 is 55.3 Å². The van der Waals surface area contributed by atoms with Gasteiger partial charge in [0.15, 0.2) is 0 Å². The van der Waals surface area contributed by atoms with Gasteiger partial charge in [0.25, 0.3) is 0 Å². The number of rotatable bonds is 4. The average molecular weight is 651 g/mol. The molecule has 0 unspecified atom stereocenters. The summed E-state index contributed by atoms with van der Waals surface area (Å²) < 4.78 is 2.45. The largest absolute Gasteiger partial charge is 0.309 e. The Morgan fingerprint density at radius 1 is 0.542 bits per heavy atom. The lowest BCUT2D eigenvalue weighted by molar-refractivity contribution is 1.01. The molecule has 0 bridgehead atoms. The molecule has 0 radical (unpaired) electrons. The Kier molecular flexibility index (Phi) is 6.30. The number of benzene rings is 5. The van der Waals surface area contributed by atoms with E-state index in [4.69, 9.17) is 4.98 Å². The first kappa shape index (κ1) is 27.8. The highest BCUT2D eigenvalue weighted by molar-refractivity contribution is 7.13. The van der Waals surface area contributed by atoms with Crippen molar-refractivity contribution in [1.82, 2.24) is 9.55 Å². The minimum Gasteiger partial charge on any atom is -0.309 e. The summed E-state index contributed by atoms with van der Waals surface area (Å²) in [6.07, 6.45) is 1.90. The van der Waals surface area contributed by atoms with Crippen LogP contribution in [0.1, 0.15) is 27.8 Å². The van der Waals surface area contributed by atoms with E-state index < -0.39 is 0 Å². The third-order valence-corrected chi connectivity index (χ3v) is 11.8. The van der Waals surface area contributed by atoms with Crippen LogP contribution in [0.2, 0.25) is 0 Å². The predicted molar refractivity (Wildman–Crippen MR) is 205 cm³/mol. The predicted octanol–water partition coefficient (Wildman–Crippen LogP) is 12.3. The fraction of sp³-hybridized carbons (Fsp3) is 0.0682. The summed E-state index contributed by atoms with van der Waals surface area (Å²) in [5.41, 5.74) is 15.3. The van der Waals surface area contributed by atoms with Gasteiger partial charge in [-0.25, -0.2) is 4.98 Å². The van der Waals surface area contributed by atoms with Crippen LogP contribution in [0.3, 0.4) is 0 Å². The summed E-state index contributed by atoms with van der Waals surface area (Å²) in [5, 5.41) is 9.45. The van der Waals surface area contributed by atoms with Gasteiger partial charge >= 0.3 is 0 Å². The standard InChI is InChI=1S/C44H30N2S2/c1-27-7-4-9-38-37-8-2-3-10-41(37)46(44(27)38)36-16-15-30-21-32-22-31-19-29(14-13-28(31)20-33(32)23-34(30)24-36)35-25-39(42-11-5-17-47-42)45-40(26-35)43-12-6-18-48-43/h2-19,21,23-26H,20,22H2,1H3. The first-order chi connectivity index (χ1) is 23.7. The van der Waals surface area contributed by atoms with E-state index in [1.54, 1.807) is 22.7 Å². The zero-order chi connectivity index (χ0) is 31.8. The maximum Gasteiger partial charge on any atom is 0.0815 e. The summed E-state index contributed by atoms with van der Waals surface area (Å²) >= 11 is 3.49. The number of aromatic nitrogens is 2. The number of fused-ring (bicyclic) bond motifs is 6. The minimum absolute atomic E-state index is 0.947. The summed E-state index contributed by atoms with van der Waals surface area (Å²) in [6, 6.07) is 47.4. The normalized spacial score (nSPS) is 12.5. The number of thiophene rings is 2. The van der Waals surface area contributed by atoms with Crippen molar-refractivity contribution in [2.24, 2.45) is 0 Å². The minimum atomic E-state index is 0.947. The highest BCUT2D eigenvalue weighted by Crippen LogP contribution is 2.38.